The van der Waals surface area contributed by atoms with Crippen molar-refractivity contribution < 1.29 is 28.6 Å². The normalized spacial score (nSPS) is 12.4. The number of hydrogen-bond donors (Lipinski definition) is 1. The number of ketones is 1. The number of ether oxygens (including phenoxy) is 3. The molecule has 7 heteroatoms. The number of carbonyl (C=O) groups is 3. The molecule has 0 saturated carbocycles. The molecule has 0 spiro atoms. The molecular weight excluding hydrogens is 374 g/mol. The summed E-state index contributed by atoms with van der Waals surface area (Å²) in [5, 5.41) is 2.72. The third-order valence-corrected chi connectivity index (χ3v) is 4.34. The van der Waals surface area contributed by atoms with Crippen molar-refractivity contribution in [3.05, 3.63) is 59.7 Å². The minimum absolute atomic E-state index is 0.107. The van der Waals surface area contributed by atoms with Crippen LogP contribution in [-0.4, -0.2) is 38.5 Å². The molecule has 0 bridgehead atoms. The molecule has 2 atom stereocenters. The van der Waals surface area contributed by atoms with Gasteiger partial charge in [-0.05, 0) is 24.6 Å². The summed E-state index contributed by atoms with van der Waals surface area (Å²) in [6.07, 6.45) is 0. The molecule has 0 saturated heterocycles. The maximum atomic E-state index is 13.2. The second-order valence-electron chi connectivity index (χ2n) is 6.25. The average molecular weight is 399 g/mol. The molecule has 154 valence electrons. The molecule has 1 N–H and O–H groups in total. The average Bonchev–Trinajstić information content (AvgIpc) is 2.73. The highest BCUT2D eigenvalue weighted by Gasteiger charge is 2.38. The Morgan fingerprint density at radius 1 is 0.966 bits per heavy atom. The second kappa shape index (κ2) is 10.3. The van der Waals surface area contributed by atoms with E-state index in [0.29, 0.717) is 22.6 Å². The molecule has 0 radical (unpaired) electrons. The molecule has 0 aliphatic heterocycles. The van der Waals surface area contributed by atoms with E-state index in [1.165, 1.54) is 21.1 Å². The lowest BCUT2D eigenvalue weighted by Gasteiger charge is -2.26. The van der Waals surface area contributed by atoms with Crippen LogP contribution in [0.2, 0.25) is 0 Å². The molecule has 29 heavy (non-hydrogen) atoms. The predicted octanol–water partition coefficient (Wildman–Crippen LogP) is 2.94. The zero-order valence-corrected chi connectivity index (χ0v) is 16.9. The van der Waals surface area contributed by atoms with E-state index in [-0.39, 0.29) is 12.5 Å². The van der Waals surface area contributed by atoms with E-state index < -0.39 is 23.7 Å². The molecule has 2 aromatic carbocycles. The Morgan fingerprint density at radius 2 is 1.62 bits per heavy atom. The number of benzene rings is 2. The fourth-order valence-corrected chi connectivity index (χ4v) is 3.03. The first-order valence-electron chi connectivity index (χ1n) is 9.17. The first kappa shape index (κ1) is 21.9. The van der Waals surface area contributed by atoms with Crippen molar-refractivity contribution in [3.8, 4) is 11.5 Å². The van der Waals surface area contributed by atoms with Gasteiger partial charge in [0.25, 0.3) is 0 Å². The quantitative estimate of drug-likeness (QED) is 0.396. The van der Waals surface area contributed by atoms with Gasteiger partial charge in [0.1, 0.15) is 5.92 Å². The second-order valence-corrected chi connectivity index (χ2v) is 6.25. The van der Waals surface area contributed by atoms with E-state index in [1.807, 2.05) is 0 Å². The van der Waals surface area contributed by atoms with E-state index in [4.69, 9.17) is 14.2 Å². The van der Waals surface area contributed by atoms with E-state index in [9.17, 15) is 14.4 Å². The number of nitrogens with one attached hydrogen (secondary N) is 1. The number of rotatable bonds is 9. The smallest absolute Gasteiger partial charge is 0.319 e. The summed E-state index contributed by atoms with van der Waals surface area (Å²) in [6.45, 7) is 3.09. The minimum atomic E-state index is -1.26. The van der Waals surface area contributed by atoms with Crippen molar-refractivity contribution in [2.75, 3.05) is 20.8 Å². The topological polar surface area (TPSA) is 90.9 Å². The van der Waals surface area contributed by atoms with Gasteiger partial charge in [-0.25, -0.2) is 0 Å². The van der Waals surface area contributed by atoms with Crippen LogP contribution in [0.5, 0.6) is 11.5 Å². The fraction of sp³-hybridized carbons (Fsp3) is 0.318. The standard InChI is InChI=1S/C22H25NO6/c1-5-29-22(26)19(21(25)15-9-7-6-8-10-15)20(23-14(2)24)16-11-12-17(27-3)18(13-16)28-4/h6-13,19-20H,5H2,1-4H3,(H,23,24)/t19-,20+/m1/s1. The first-order chi connectivity index (χ1) is 13.9. The van der Waals surface area contributed by atoms with Gasteiger partial charge in [-0.15, -0.1) is 0 Å². The van der Waals surface area contributed by atoms with Crippen molar-refractivity contribution >= 4 is 17.7 Å². The van der Waals surface area contributed by atoms with Crippen LogP contribution in [0.4, 0.5) is 0 Å². The van der Waals surface area contributed by atoms with Gasteiger partial charge in [0.2, 0.25) is 5.91 Å². The lowest BCUT2D eigenvalue weighted by atomic mass is 9.86. The molecule has 2 rings (SSSR count). The molecule has 0 aliphatic rings. The number of carbonyl (C=O) groups excluding carboxylic acids is 3. The Morgan fingerprint density at radius 3 is 2.17 bits per heavy atom. The number of methoxy groups -OCH3 is 2. The Balaban J connectivity index is 2.58. The lowest BCUT2D eigenvalue weighted by molar-refractivity contribution is -0.147. The summed E-state index contributed by atoms with van der Waals surface area (Å²) in [6, 6.07) is 12.4. The first-order valence-corrected chi connectivity index (χ1v) is 9.17. The van der Waals surface area contributed by atoms with Crippen molar-refractivity contribution in [1.82, 2.24) is 5.32 Å². The zero-order valence-electron chi connectivity index (χ0n) is 16.9. The van der Waals surface area contributed by atoms with Crippen molar-refractivity contribution in [1.29, 1.82) is 0 Å². The predicted molar refractivity (Wildman–Crippen MR) is 107 cm³/mol. The largest absolute Gasteiger partial charge is 0.493 e. The number of esters is 1. The third-order valence-electron chi connectivity index (χ3n) is 4.34. The SMILES string of the molecule is CCOC(=O)[C@@H](C(=O)c1ccccc1)[C@@H](NC(C)=O)c1ccc(OC)c(OC)c1. The summed E-state index contributed by atoms with van der Waals surface area (Å²) in [7, 11) is 2.98. The zero-order chi connectivity index (χ0) is 21.4. The van der Waals surface area contributed by atoms with Crippen LogP contribution in [0.3, 0.4) is 0 Å². The fourth-order valence-electron chi connectivity index (χ4n) is 3.03. The summed E-state index contributed by atoms with van der Waals surface area (Å²) < 4.78 is 15.7. The van der Waals surface area contributed by atoms with Crippen LogP contribution in [0.25, 0.3) is 0 Å². The highest BCUT2D eigenvalue weighted by molar-refractivity contribution is 6.09. The Bertz CT molecular complexity index is 865. The number of Topliss-reactive ketones (excluding diaryl/α,β-unsaturated/α-hetero) is 1. The summed E-state index contributed by atoms with van der Waals surface area (Å²) in [5.41, 5.74) is 0.863. The van der Waals surface area contributed by atoms with Gasteiger partial charge in [0.05, 0.1) is 26.9 Å². The molecule has 0 heterocycles. The lowest BCUT2D eigenvalue weighted by Crippen LogP contribution is -2.41. The summed E-state index contributed by atoms with van der Waals surface area (Å²) in [5.74, 6) is -1.92. The molecule has 0 fully saturated rings. The van der Waals surface area contributed by atoms with Gasteiger partial charge in [0.15, 0.2) is 17.3 Å². The number of amides is 1. The van der Waals surface area contributed by atoms with Crippen LogP contribution in [0, 0.1) is 5.92 Å². The Labute approximate surface area is 170 Å². The van der Waals surface area contributed by atoms with Crippen LogP contribution in [-0.2, 0) is 14.3 Å². The van der Waals surface area contributed by atoms with Crippen LogP contribution < -0.4 is 14.8 Å². The van der Waals surface area contributed by atoms with Gasteiger partial charge in [0, 0.05) is 12.5 Å². The van der Waals surface area contributed by atoms with Crippen molar-refractivity contribution in [2.45, 2.75) is 19.9 Å². The Hall–Kier alpha value is -3.35. The van der Waals surface area contributed by atoms with E-state index in [1.54, 1.807) is 55.5 Å². The number of hydrogen-bond acceptors (Lipinski definition) is 6. The summed E-state index contributed by atoms with van der Waals surface area (Å²) in [4.78, 5) is 37.9. The van der Waals surface area contributed by atoms with Gasteiger partial charge >= 0.3 is 5.97 Å². The van der Waals surface area contributed by atoms with E-state index in [0.717, 1.165) is 0 Å². The van der Waals surface area contributed by atoms with Gasteiger partial charge in [-0.3, -0.25) is 14.4 Å². The van der Waals surface area contributed by atoms with Crippen LogP contribution in [0.1, 0.15) is 35.8 Å². The Kier molecular flexibility index (Phi) is 7.77. The maximum Gasteiger partial charge on any atom is 0.319 e. The molecule has 2 aromatic rings. The van der Waals surface area contributed by atoms with E-state index >= 15 is 0 Å². The molecule has 1 amide bonds. The van der Waals surface area contributed by atoms with Gasteiger partial charge in [-0.1, -0.05) is 36.4 Å². The van der Waals surface area contributed by atoms with E-state index in [2.05, 4.69) is 5.32 Å². The minimum Gasteiger partial charge on any atom is -0.493 e. The molecular formula is C22H25NO6. The van der Waals surface area contributed by atoms with Gasteiger partial charge < -0.3 is 19.5 Å². The molecule has 0 unspecified atom stereocenters. The van der Waals surface area contributed by atoms with Crippen LogP contribution in [0.15, 0.2) is 48.5 Å². The highest BCUT2D eigenvalue weighted by atomic mass is 16.5. The van der Waals surface area contributed by atoms with Crippen molar-refractivity contribution in [2.24, 2.45) is 5.92 Å². The third kappa shape index (κ3) is 5.34. The van der Waals surface area contributed by atoms with Crippen LogP contribution >= 0.6 is 0 Å². The van der Waals surface area contributed by atoms with Crippen molar-refractivity contribution in [3.63, 3.8) is 0 Å². The highest BCUT2D eigenvalue weighted by Crippen LogP contribution is 2.34. The monoisotopic (exact) mass is 399 g/mol. The molecule has 0 aliphatic carbocycles. The molecule has 7 nitrogen and oxygen atoms in total. The molecule has 0 aromatic heterocycles. The summed E-state index contributed by atoms with van der Waals surface area (Å²) >= 11 is 0. The maximum absolute atomic E-state index is 13.2. The van der Waals surface area contributed by atoms with Gasteiger partial charge in [-0.2, -0.15) is 0 Å².